The molecule has 0 spiro atoms. The smallest absolute Gasteiger partial charge is 0.287 e. The number of carbonyl (C=O) groups is 2. The van der Waals surface area contributed by atoms with Gasteiger partial charge in [0, 0.05) is 25.4 Å². The largest absolute Gasteiger partial charge is 0.459 e. The second-order valence-electron chi connectivity index (χ2n) is 6.16. The molecule has 138 valence electrons. The van der Waals surface area contributed by atoms with Crippen molar-refractivity contribution < 1.29 is 14.0 Å². The maximum atomic E-state index is 12.4. The number of carbonyl (C=O) groups excluding carboxylic acids is 2. The third-order valence-corrected chi connectivity index (χ3v) is 4.27. The van der Waals surface area contributed by atoms with E-state index in [-0.39, 0.29) is 23.5 Å². The Morgan fingerprint density at radius 1 is 0.778 bits per heavy atom. The molecule has 2 amide bonds. The van der Waals surface area contributed by atoms with Crippen LogP contribution in [0.15, 0.2) is 83.5 Å². The quantitative estimate of drug-likeness (QED) is 0.604. The number of nitrogens with one attached hydrogen (secondary N) is 2. The molecule has 0 aliphatic heterocycles. The number of hydrogen-bond acceptors (Lipinski definition) is 3. The Morgan fingerprint density at radius 2 is 1.37 bits per heavy atom. The molecule has 0 unspecified atom stereocenters. The fourth-order valence-electron chi connectivity index (χ4n) is 2.93. The Balaban J connectivity index is 1.53. The zero-order chi connectivity index (χ0) is 18.9. The van der Waals surface area contributed by atoms with Crippen molar-refractivity contribution in [1.29, 1.82) is 0 Å². The molecule has 0 fully saturated rings. The Labute approximate surface area is 158 Å². The van der Waals surface area contributed by atoms with E-state index >= 15 is 0 Å². The normalized spacial score (nSPS) is 10.6. The van der Waals surface area contributed by atoms with Gasteiger partial charge in [-0.25, -0.2) is 0 Å². The van der Waals surface area contributed by atoms with Crippen molar-refractivity contribution >= 4 is 11.8 Å². The van der Waals surface area contributed by atoms with Gasteiger partial charge in [0.25, 0.3) is 5.91 Å². The standard InChI is InChI=1S/C22H22N2O3/c25-21(23-13-14-24-22(26)20-12-7-15-27-20)16-19(17-8-3-1-4-9-17)18-10-5-2-6-11-18/h1-12,15,19H,13-14,16H2,(H,23,25)(H,24,26). The average Bonchev–Trinajstić information content (AvgIpc) is 3.25. The summed E-state index contributed by atoms with van der Waals surface area (Å²) in [6.45, 7) is 0.703. The van der Waals surface area contributed by atoms with Gasteiger partial charge in [0.05, 0.1) is 6.26 Å². The van der Waals surface area contributed by atoms with Gasteiger partial charge in [-0.05, 0) is 23.3 Å². The summed E-state index contributed by atoms with van der Waals surface area (Å²) in [5.41, 5.74) is 2.20. The summed E-state index contributed by atoms with van der Waals surface area (Å²) >= 11 is 0. The predicted octanol–water partition coefficient (Wildman–Crippen LogP) is 3.35. The molecule has 5 nitrogen and oxygen atoms in total. The summed E-state index contributed by atoms with van der Waals surface area (Å²) < 4.78 is 5.02. The van der Waals surface area contributed by atoms with Gasteiger partial charge in [0.15, 0.2) is 5.76 Å². The summed E-state index contributed by atoms with van der Waals surface area (Å²) in [5, 5.41) is 5.58. The van der Waals surface area contributed by atoms with Crippen LogP contribution in [0, 0.1) is 0 Å². The minimum atomic E-state index is -0.291. The Bertz CT molecular complexity index is 806. The second kappa shape index (κ2) is 9.38. The van der Waals surface area contributed by atoms with Gasteiger partial charge in [0.1, 0.15) is 0 Å². The van der Waals surface area contributed by atoms with Crippen molar-refractivity contribution in [1.82, 2.24) is 10.6 Å². The van der Waals surface area contributed by atoms with Crippen molar-refractivity contribution in [3.8, 4) is 0 Å². The number of amides is 2. The van der Waals surface area contributed by atoms with Crippen LogP contribution in [0.4, 0.5) is 0 Å². The summed E-state index contributed by atoms with van der Waals surface area (Å²) in [6, 6.07) is 23.2. The zero-order valence-electron chi connectivity index (χ0n) is 14.9. The highest BCUT2D eigenvalue weighted by atomic mass is 16.3. The molecule has 1 heterocycles. The topological polar surface area (TPSA) is 71.3 Å². The highest BCUT2D eigenvalue weighted by Gasteiger charge is 2.17. The monoisotopic (exact) mass is 362 g/mol. The van der Waals surface area contributed by atoms with Crippen LogP contribution in [-0.4, -0.2) is 24.9 Å². The SMILES string of the molecule is O=C(CC(c1ccccc1)c1ccccc1)NCCNC(=O)c1ccco1. The molecule has 0 saturated heterocycles. The number of hydrogen-bond donors (Lipinski definition) is 2. The van der Waals surface area contributed by atoms with Crippen LogP contribution >= 0.6 is 0 Å². The first-order valence-electron chi connectivity index (χ1n) is 8.92. The van der Waals surface area contributed by atoms with Gasteiger partial charge in [-0.1, -0.05) is 60.7 Å². The lowest BCUT2D eigenvalue weighted by Gasteiger charge is -2.18. The first-order valence-corrected chi connectivity index (χ1v) is 8.92. The van der Waals surface area contributed by atoms with Crippen LogP contribution in [0.1, 0.15) is 34.0 Å². The minimum absolute atomic E-state index is 0.00916. The first-order chi connectivity index (χ1) is 13.2. The van der Waals surface area contributed by atoms with Gasteiger partial charge in [-0.15, -0.1) is 0 Å². The fourth-order valence-corrected chi connectivity index (χ4v) is 2.93. The average molecular weight is 362 g/mol. The first kappa shape index (κ1) is 18.5. The lowest BCUT2D eigenvalue weighted by atomic mass is 9.88. The Kier molecular flexibility index (Phi) is 6.41. The van der Waals surface area contributed by atoms with E-state index in [4.69, 9.17) is 4.42 Å². The van der Waals surface area contributed by atoms with Crippen LogP contribution in [-0.2, 0) is 4.79 Å². The van der Waals surface area contributed by atoms with Crippen LogP contribution in [0.3, 0.4) is 0 Å². The molecule has 3 rings (SSSR count). The van der Waals surface area contributed by atoms with E-state index in [1.165, 1.54) is 6.26 Å². The van der Waals surface area contributed by atoms with Gasteiger partial charge in [-0.3, -0.25) is 9.59 Å². The highest BCUT2D eigenvalue weighted by molar-refractivity contribution is 5.91. The molecule has 0 saturated carbocycles. The van der Waals surface area contributed by atoms with Crippen molar-refractivity contribution in [3.05, 3.63) is 95.9 Å². The highest BCUT2D eigenvalue weighted by Crippen LogP contribution is 2.27. The minimum Gasteiger partial charge on any atom is -0.459 e. The zero-order valence-corrected chi connectivity index (χ0v) is 14.9. The van der Waals surface area contributed by atoms with E-state index < -0.39 is 0 Å². The van der Waals surface area contributed by atoms with E-state index in [2.05, 4.69) is 10.6 Å². The van der Waals surface area contributed by atoms with Crippen molar-refractivity contribution in [2.24, 2.45) is 0 Å². The van der Waals surface area contributed by atoms with Gasteiger partial charge >= 0.3 is 0 Å². The molecule has 0 radical (unpaired) electrons. The number of furan rings is 1. The maximum Gasteiger partial charge on any atom is 0.287 e. The van der Waals surface area contributed by atoms with E-state index in [9.17, 15) is 9.59 Å². The summed E-state index contributed by atoms with van der Waals surface area (Å²) in [5.74, 6) is -0.0969. The third-order valence-electron chi connectivity index (χ3n) is 4.27. The lowest BCUT2D eigenvalue weighted by molar-refractivity contribution is -0.121. The molecular weight excluding hydrogens is 340 g/mol. The molecule has 1 aromatic heterocycles. The van der Waals surface area contributed by atoms with Crippen LogP contribution in [0.5, 0.6) is 0 Å². The molecular formula is C22H22N2O3. The summed E-state index contributed by atoms with van der Waals surface area (Å²) in [7, 11) is 0. The molecule has 2 aromatic carbocycles. The second-order valence-corrected chi connectivity index (χ2v) is 6.16. The Morgan fingerprint density at radius 3 is 1.93 bits per heavy atom. The van der Waals surface area contributed by atoms with Crippen LogP contribution < -0.4 is 10.6 Å². The molecule has 0 aliphatic rings. The fraction of sp³-hybridized carbons (Fsp3) is 0.182. The predicted molar refractivity (Wildman–Crippen MR) is 103 cm³/mol. The lowest BCUT2D eigenvalue weighted by Crippen LogP contribution is -2.35. The molecule has 0 atom stereocenters. The molecule has 5 heteroatoms. The number of benzene rings is 2. The Hall–Kier alpha value is -3.34. The third kappa shape index (κ3) is 5.31. The van der Waals surface area contributed by atoms with Crippen molar-refractivity contribution in [2.45, 2.75) is 12.3 Å². The summed E-state index contributed by atoms with van der Waals surface area (Å²) in [4.78, 5) is 24.2. The molecule has 0 bridgehead atoms. The van der Waals surface area contributed by atoms with E-state index in [0.717, 1.165) is 11.1 Å². The van der Waals surface area contributed by atoms with E-state index in [1.54, 1.807) is 12.1 Å². The molecule has 3 aromatic rings. The van der Waals surface area contributed by atoms with E-state index in [1.807, 2.05) is 60.7 Å². The van der Waals surface area contributed by atoms with Gasteiger partial charge in [0.2, 0.25) is 5.91 Å². The maximum absolute atomic E-state index is 12.4. The summed E-state index contributed by atoms with van der Waals surface area (Å²) in [6.07, 6.45) is 1.80. The van der Waals surface area contributed by atoms with Crippen molar-refractivity contribution in [3.63, 3.8) is 0 Å². The van der Waals surface area contributed by atoms with Gasteiger partial charge in [-0.2, -0.15) is 0 Å². The van der Waals surface area contributed by atoms with Crippen molar-refractivity contribution in [2.75, 3.05) is 13.1 Å². The number of rotatable bonds is 8. The molecule has 2 N–H and O–H groups in total. The molecule has 0 aliphatic carbocycles. The van der Waals surface area contributed by atoms with Crippen LogP contribution in [0.25, 0.3) is 0 Å². The molecule has 27 heavy (non-hydrogen) atoms. The van der Waals surface area contributed by atoms with Gasteiger partial charge < -0.3 is 15.1 Å². The van der Waals surface area contributed by atoms with E-state index in [0.29, 0.717) is 19.5 Å². The van der Waals surface area contributed by atoms with Crippen LogP contribution in [0.2, 0.25) is 0 Å².